The molecular weight excluding hydrogens is 264 g/mol. The van der Waals surface area contributed by atoms with Crippen molar-refractivity contribution < 1.29 is 0 Å². The largest absolute Gasteiger partial charge is 0.226 e. The Morgan fingerprint density at radius 2 is 2.11 bits per heavy atom. The van der Waals surface area contributed by atoms with E-state index in [0.717, 1.165) is 0 Å². The fourth-order valence-corrected chi connectivity index (χ4v) is 7.05. The molecule has 0 aliphatic heterocycles. The van der Waals surface area contributed by atoms with Crippen LogP contribution in [-0.4, -0.2) is 19.5 Å². The van der Waals surface area contributed by atoms with E-state index in [4.69, 9.17) is 0 Å². The number of hydrogen-bond acceptors (Lipinski definition) is 2. The van der Waals surface area contributed by atoms with E-state index >= 15 is 0 Å². The molecule has 0 aliphatic carbocycles. The van der Waals surface area contributed by atoms with Crippen LogP contribution in [0.1, 0.15) is 13.3 Å². The van der Waals surface area contributed by atoms with Crippen LogP contribution in [0.5, 0.6) is 0 Å². The SMILES string of the molecule is CCCP(C)(C)=NSI. The first-order valence-corrected chi connectivity index (χ1v) is 9.09. The van der Waals surface area contributed by atoms with E-state index in [2.05, 4.69) is 45.6 Å². The third-order valence-electron chi connectivity index (χ3n) is 1.02. The lowest BCUT2D eigenvalue weighted by Crippen LogP contribution is -1.81. The maximum atomic E-state index is 4.46. The molecule has 4 heteroatoms. The first kappa shape index (κ1) is 10.3. The maximum absolute atomic E-state index is 4.46. The summed E-state index contributed by atoms with van der Waals surface area (Å²) in [5.74, 6) is 0. The van der Waals surface area contributed by atoms with Gasteiger partial charge in [-0.3, -0.25) is 0 Å². The summed E-state index contributed by atoms with van der Waals surface area (Å²) < 4.78 is 4.46. The van der Waals surface area contributed by atoms with Crippen LogP contribution < -0.4 is 0 Å². The van der Waals surface area contributed by atoms with Gasteiger partial charge in [0, 0.05) is 30.3 Å². The van der Waals surface area contributed by atoms with Gasteiger partial charge in [0.1, 0.15) is 0 Å². The molecule has 0 N–H and O–H groups in total. The summed E-state index contributed by atoms with van der Waals surface area (Å²) >= 11 is 2.23. The molecule has 0 amide bonds. The standard InChI is InChI=1S/C5H13INPS/c1-4-5-8(2,3)7-9-6/h4-5H2,1-3H3. The van der Waals surface area contributed by atoms with Crippen molar-refractivity contribution in [2.24, 2.45) is 4.15 Å². The predicted octanol–water partition coefficient (Wildman–Crippen LogP) is 3.86. The van der Waals surface area contributed by atoms with Gasteiger partial charge >= 0.3 is 0 Å². The van der Waals surface area contributed by atoms with E-state index in [1.165, 1.54) is 12.6 Å². The van der Waals surface area contributed by atoms with E-state index in [1.807, 2.05) is 0 Å². The second kappa shape index (κ2) is 5.03. The van der Waals surface area contributed by atoms with Crippen LogP contribution in [0, 0.1) is 0 Å². The average Bonchev–Trinajstić information content (AvgIpc) is 1.64. The van der Waals surface area contributed by atoms with Gasteiger partial charge in [0.25, 0.3) is 0 Å². The predicted molar refractivity (Wildman–Crippen MR) is 58.0 cm³/mol. The molecule has 9 heavy (non-hydrogen) atoms. The molecule has 0 aromatic rings. The third-order valence-corrected chi connectivity index (χ3v) is 6.16. The highest BCUT2D eigenvalue weighted by Gasteiger charge is 2.01. The molecule has 0 saturated heterocycles. The van der Waals surface area contributed by atoms with Crippen molar-refractivity contribution in [3.63, 3.8) is 0 Å². The van der Waals surface area contributed by atoms with Gasteiger partial charge in [0.2, 0.25) is 0 Å². The first-order chi connectivity index (χ1) is 4.12. The number of halogens is 1. The minimum absolute atomic E-state index is 0.862. The number of nitrogens with zero attached hydrogens (tertiary/aromatic N) is 1. The molecule has 0 aromatic carbocycles. The second-order valence-corrected chi connectivity index (χ2v) is 8.16. The molecule has 0 saturated carbocycles. The van der Waals surface area contributed by atoms with Crippen LogP contribution in [-0.2, 0) is 0 Å². The fourth-order valence-electron chi connectivity index (χ4n) is 0.672. The van der Waals surface area contributed by atoms with Gasteiger partial charge < -0.3 is 0 Å². The zero-order valence-corrected chi connectivity index (χ0v) is 9.96. The van der Waals surface area contributed by atoms with Gasteiger partial charge in [-0.05, 0) is 26.5 Å². The summed E-state index contributed by atoms with van der Waals surface area (Å²) in [5.41, 5.74) is 0. The quantitative estimate of drug-likeness (QED) is 0.433. The summed E-state index contributed by atoms with van der Waals surface area (Å²) in [5, 5.41) is 0. The molecule has 0 spiro atoms. The van der Waals surface area contributed by atoms with Crippen LogP contribution in [0.15, 0.2) is 4.15 Å². The van der Waals surface area contributed by atoms with Crippen molar-refractivity contribution in [1.29, 1.82) is 0 Å². The Kier molecular flexibility index (Phi) is 5.76. The molecule has 0 aliphatic rings. The molecule has 0 rings (SSSR count). The summed E-state index contributed by atoms with van der Waals surface area (Å²) in [6, 6.07) is 0. The molecule has 0 bridgehead atoms. The molecule has 0 radical (unpaired) electrons. The highest BCUT2D eigenvalue weighted by Crippen LogP contribution is 2.45. The molecule has 0 heterocycles. The van der Waals surface area contributed by atoms with Gasteiger partial charge in [-0.15, -0.1) is 0 Å². The van der Waals surface area contributed by atoms with E-state index in [1.54, 1.807) is 9.12 Å². The van der Waals surface area contributed by atoms with Crippen molar-refractivity contribution in [3.05, 3.63) is 0 Å². The van der Waals surface area contributed by atoms with E-state index in [-0.39, 0.29) is 0 Å². The smallest absolute Gasteiger partial charge is 0.0451 e. The van der Waals surface area contributed by atoms with Gasteiger partial charge in [0.05, 0.1) is 0 Å². The summed E-state index contributed by atoms with van der Waals surface area (Å²) in [6.45, 7) is 6.78. The molecule has 0 unspecified atom stereocenters. The summed E-state index contributed by atoms with van der Waals surface area (Å²) in [7, 11) is 0.731. The lowest BCUT2D eigenvalue weighted by Gasteiger charge is -2.09. The van der Waals surface area contributed by atoms with Crippen molar-refractivity contribution in [2.75, 3.05) is 19.5 Å². The van der Waals surface area contributed by atoms with Crippen LogP contribution in [0.2, 0.25) is 0 Å². The van der Waals surface area contributed by atoms with Crippen LogP contribution >= 0.6 is 37.4 Å². The third kappa shape index (κ3) is 5.74. The first-order valence-electron chi connectivity index (χ1n) is 2.95. The van der Waals surface area contributed by atoms with Crippen LogP contribution in [0.25, 0.3) is 0 Å². The minimum Gasteiger partial charge on any atom is -0.226 e. The van der Waals surface area contributed by atoms with Gasteiger partial charge in [-0.2, -0.15) is 0 Å². The Hall–Kier alpha value is 1.31. The van der Waals surface area contributed by atoms with Gasteiger partial charge in [-0.1, -0.05) is 13.3 Å². The highest BCUT2D eigenvalue weighted by molar-refractivity contribution is 14.2. The molecule has 0 fully saturated rings. The van der Waals surface area contributed by atoms with Crippen molar-refractivity contribution in [3.8, 4) is 0 Å². The molecule has 0 atom stereocenters. The Bertz CT molecular complexity index is 120. The van der Waals surface area contributed by atoms with Crippen molar-refractivity contribution >= 4 is 37.4 Å². The van der Waals surface area contributed by atoms with E-state index < -0.39 is 7.05 Å². The zero-order valence-electron chi connectivity index (χ0n) is 6.09. The zero-order chi connectivity index (χ0) is 7.33. The van der Waals surface area contributed by atoms with E-state index in [0.29, 0.717) is 0 Å². The average molecular weight is 277 g/mol. The van der Waals surface area contributed by atoms with Gasteiger partial charge in [-0.25, -0.2) is 4.15 Å². The molecule has 56 valence electrons. The topological polar surface area (TPSA) is 12.4 Å². The van der Waals surface area contributed by atoms with Crippen LogP contribution in [0.4, 0.5) is 0 Å². The molecule has 1 nitrogen and oxygen atoms in total. The lowest BCUT2D eigenvalue weighted by molar-refractivity contribution is 1.09. The normalized spacial score (nSPS) is 11.6. The Labute approximate surface area is 74.2 Å². The maximum Gasteiger partial charge on any atom is 0.0451 e. The van der Waals surface area contributed by atoms with Crippen molar-refractivity contribution in [2.45, 2.75) is 13.3 Å². The highest BCUT2D eigenvalue weighted by atomic mass is 127. The number of rotatable bonds is 3. The fraction of sp³-hybridized carbons (Fsp3) is 1.00. The molecular formula is C5H13INPS. The lowest BCUT2D eigenvalue weighted by atomic mass is 10.6. The van der Waals surface area contributed by atoms with Crippen LogP contribution in [0.3, 0.4) is 0 Å². The van der Waals surface area contributed by atoms with Gasteiger partial charge in [0.15, 0.2) is 0 Å². The Morgan fingerprint density at radius 1 is 1.56 bits per heavy atom. The van der Waals surface area contributed by atoms with E-state index in [9.17, 15) is 0 Å². The van der Waals surface area contributed by atoms with Crippen molar-refractivity contribution in [1.82, 2.24) is 0 Å². The Balaban J connectivity index is 3.84. The molecule has 0 aromatic heterocycles. The monoisotopic (exact) mass is 277 g/mol. The second-order valence-electron chi connectivity index (χ2n) is 2.50. The summed E-state index contributed by atoms with van der Waals surface area (Å²) in [6.07, 6.45) is 2.56. The number of hydrogen-bond donors (Lipinski definition) is 0. The summed E-state index contributed by atoms with van der Waals surface area (Å²) in [4.78, 5) is 0. The minimum atomic E-state index is -0.862. The Morgan fingerprint density at radius 3 is 2.44 bits per heavy atom.